The molecule has 0 spiro atoms. The van der Waals surface area contributed by atoms with Gasteiger partial charge in [0.05, 0.1) is 6.54 Å². The van der Waals surface area contributed by atoms with E-state index in [1.807, 2.05) is 0 Å². The third-order valence-electron chi connectivity index (χ3n) is 4.58. The van der Waals surface area contributed by atoms with Gasteiger partial charge in [-0.1, -0.05) is 13.3 Å². The Morgan fingerprint density at radius 1 is 1.11 bits per heavy atom. The summed E-state index contributed by atoms with van der Waals surface area (Å²) < 4.78 is 42.7. The zero-order chi connectivity index (χ0) is 19.3. The molecule has 0 unspecified atom stereocenters. The molecule has 1 fully saturated rings. The van der Waals surface area contributed by atoms with E-state index in [4.69, 9.17) is 4.74 Å². The van der Waals surface area contributed by atoms with Gasteiger partial charge in [-0.25, -0.2) is 0 Å². The van der Waals surface area contributed by atoms with Gasteiger partial charge in [0, 0.05) is 33.4 Å². The van der Waals surface area contributed by atoms with E-state index in [9.17, 15) is 13.2 Å². The number of nitrogens with zero attached hydrogens (tertiary/aromatic N) is 2. The molecule has 5 nitrogen and oxygen atoms in total. The fourth-order valence-corrected chi connectivity index (χ4v) is 3.03. The van der Waals surface area contributed by atoms with Gasteiger partial charge in [0.1, 0.15) is 0 Å². The Morgan fingerprint density at radius 2 is 1.74 bits per heavy atom. The minimum absolute atomic E-state index is 0. The minimum Gasteiger partial charge on any atom is -0.381 e. The van der Waals surface area contributed by atoms with Crippen LogP contribution in [-0.4, -0.2) is 70.0 Å². The molecule has 0 saturated carbocycles. The smallest absolute Gasteiger partial charge is 0.381 e. The number of aliphatic imine (C=N–C) groups is 1. The lowest BCUT2D eigenvalue weighted by Gasteiger charge is -2.32. The van der Waals surface area contributed by atoms with E-state index in [0.29, 0.717) is 19.0 Å². The van der Waals surface area contributed by atoms with Gasteiger partial charge in [-0.15, -0.1) is 24.0 Å². The highest BCUT2D eigenvalue weighted by Gasteiger charge is 2.32. The molecule has 0 atom stereocenters. The van der Waals surface area contributed by atoms with E-state index in [0.717, 1.165) is 70.8 Å². The SMILES string of the molecule is CCCCOCCCNC(=NC)NCCC1CCN(CC(F)(F)F)CC1.I. The number of halogens is 4. The van der Waals surface area contributed by atoms with Gasteiger partial charge in [0.15, 0.2) is 5.96 Å². The van der Waals surface area contributed by atoms with Crippen molar-refractivity contribution in [3.05, 3.63) is 0 Å². The summed E-state index contributed by atoms with van der Waals surface area (Å²) >= 11 is 0. The average molecular weight is 508 g/mol. The van der Waals surface area contributed by atoms with Crippen LogP contribution >= 0.6 is 24.0 Å². The molecule has 0 radical (unpaired) electrons. The van der Waals surface area contributed by atoms with Crippen LogP contribution in [0, 0.1) is 5.92 Å². The number of hydrogen-bond acceptors (Lipinski definition) is 3. The Morgan fingerprint density at radius 3 is 2.33 bits per heavy atom. The van der Waals surface area contributed by atoms with Gasteiger partial charge < -0.3 is 15.4 Å². The largest absolute Gasteiger partial charge is 0.401 e. The standard InChI is InChI=1S/C18H35F3N4O.HI/c1-3-4-13-26-14-5-9-23-17(22-2)24-10-6-16-7-11-25(12-8-16)15-18(19,20)21;/h16H,3-15H2,1-2H3,(H2,22,23,24);1H. The molecule has 162 valence electrons. The minimum atomic E-state index is -4.09. The normalized spacial score (nSPS) is 16.9. The Bertz CT molecular complexity index is 389. The Hall–Kier alpha value is -0.290. The van der Waals surface area contributed by atoms with Crippen molar-refractivity contribution in [3.63, 3.8) is 0 Å². The number of alkyl halides is 3. The molecule has 1 aliphatic rings. The molecule has 27 heavy (non-hydrogen) atoms. The molecule has 1 rings (SSSR count). The van der Waals surface area contributed by atoms with Crippen LogP contribution in [0.5, 0.6) is 0 Å². The molecule has 0 aromatic heterocycles. The van der Waals surface area contributed by atoms with Crippen LogP contribution in [0.25, 0.3) is 0 Å². The maximum Gasteiger partial charge on any atom is 0.401 e. The van der Waals surface area contributed by atoms with Crippen molar-refractivity contribution in [3.8, 4) is 0 Å². The number of guanidine groups is 1. The van der Waals surface area contributed by atoms with E-state index >= 15 is 0 Å². The van der Waals surface area contributed by atoms with Crippen molar-refractivity contribution < 1.29 is 17.9 Å². The van der Waals surface area contributed by atoms with Crippen LogP contribution < -0.4 is 10.6 Å². The first-order valence-corrected chi connectivity index (χ1v) is 9.76. The van der Waals surface area contributed by atoms with Crippen LogP contribution in [0.2, 0.25) is 0 Å². The van der Waals surface area contributed by atoms with Gasteiger partial charge >= 0.3 is 6.18 Å². The van der Waals surface area contributed by atoms with E-state index < -0.39 is 12.7 Å². The first-order chi connectivity index (χ1) is 12.4. The van der Waals surface area contributed by atoms with Crippen molar-refractivity contribution >= 4 is 29.9 Å². The topological polar surface area (TPSA) is 48.9 Å². The van der Waals surface area contributed by atoms with E-state index in [-0.39, 0.29) is 24.0 Å². The van der Waals surface area contributed by atoms with Gasteiger partial charge in [0.2, 0.25) is 0 Å². The highest BCUT2D eigenvalue weighted by Crippen LogP contribution is 2.23. The van der Waals surface area contributed by atoms with E-state index in [1.165, 1.54) is 4.90 Å². The van der Waals surface area contributed by atoms with Crippen molar-refractivity contribution in [2.75, 3.05) is 53.0 Å². The lowest BCUT2D eigenvalue weighted by atomic mass is 9.93. The summed E-state index contributed by atoms with van der Waals surface area (Å²) in [4.78, 5) is 5.70. The zero-order valence-corrected chi connectivity index (χ0v) is 18.9. The van der Waals surface area contributed by atoms with Gasteiger partial charge in [-0.2, -0.15) is 13.2 Å². The molecule has 9 heteroatoms. The number of ether oxygens (including phenoxy) is 1. The highest BCUT2D eigenvalue weighted by atomic mass is 127. The van der Waals surface area contributed by atoms with Crippen molar-refractivity contribution in [2.24, 2.45) is 10.9 Å². The number of hydrogen-bond donors (Lipinski definition) is 2. The molecule has 0 aliphatic carbocycles. The zero-order valence-electron chi connectivity index (χ0n) is 16.6. The number of unbranched alkanes of at least 4 members (excludes halogenated alkanes) is 1. The molecular formula is C18H36F3IN4O. The predicted molar refractivity (Wildman–Crippen MR) is 115 cm³/mol. The van der Waals surface area contributed by atoms with Crippen LogP contribution in [0.1, 0.15) is 45.4 Å². The molecule has 0 amide bonds. The Balaban J connectivity index is 0.00000676. The second-order valence-corrected chi connectivity index (χ2v) is 6.87. The number of nitrogens with one attached hydrogen (secondary N) is 2. The van der Waals surface area contributed by atoms with E-state index in [2.05, 4.69) is 22.5 Å². The molecule has 1 aliphatic heterocycles. The maximum absolute atomic E-state index is 12.4. The molecule has 1 saturated heterocycles. The quantitative estimate of drug-likeness (QED) is 0.194. The first kappa shape index (κ1) is 26.7. The number of piperidine rings is 1. The van der Waals surface area contributed by atoms with Gasteiger partial charge in [-0.3, -0.25) is 9.89 Å². The van der Waals surface area contributed by atoms with Crippen molar-refractivity contribution in [1.82, 2.24) is 15.5 Å². The van der Waals surface area contributed by atoms with E-state index in [1.54, 1.807) is 7.05 Å². The summed E-state index contributed by atoms with van der Waals surface area (Å²) in [5.41, 5.74) is 0. The summed E-state index contributed by atoms with van der Waals surface area (Å²) in [5.74, 6) is 1.25. The second kappa shape index (κ2) is 15.6. The fraction of sp³-hybridized carbons (Fsp3) is 0.944. The number of rotatable bonds is 11. The Labute approximate surface area is 178 Å². The predicted octanol–water partition coefficient (Wildman–Crippen LogP) is 3.64. The molecular weight excluding hydrogens is 472 g/mol. The molecule has 1 heterocycles. The summed E-state index contributed by atoms with van der Waals surface area (Å²) in [7, 11) is 1.74. The van der Waals surface area contributed by atoms with Crippen molar-refractivity contribution in [1.29, 1.82) is 0 Å². The van der Waals surface area contributed by atoms with Crippen molar-refractivity contribution in [2.45, 2.75) is 51.6 Å². The number of likely N-dealkylation sites (tertiary alicyclic amines) is 1. The third kappa shape index (κ3) is 14.4. The fourth-order valence-electron chi connectivity index (χ4n) is 3.03. The van der Waals surface area contributed by atoms with Gasteiger partial charge in [0.25, 0.3) is 0 Å². The second-order valence-electron chi connectivity index (χ2n) is 6.87. The Kier molecular flexibility index (Phi) is 15.4. The maximum atomic E-state index is 12.4. The summed E-state index contributed by atoms with van der Waals surface area (Å²) in [6.07, 6.45) is 1.72. The van der Waals surface area contributed by atoms with Crippen LogP contribution in [0.4, 0.5) is 13.2 Å². The average Bonchev–Trinajstić information content (AvgIpc) is 2.59. The van der Waals surface area contributed by atoms with Crippen LogP contribution in [0.3, 0.4) is 0 Å². The van der Waals surface area contributed by atoms with Gasteiger partial charge in [-0.05, 0) is 51.1 Å². The highest BCUT2D eigenvalue weighted by molar-refractivity contribution is 14.0. The summed E-state index contributed by atoms with van der Waals surface area (Å²) in [6.45, 7) is 5.61. The van der Waals surface area contributed by atoms with Crippen LogP contribution in [-0.2, 0) is 4.74 Å². The summed E-state index contributed by atoms with van der Waals surface area (Å²) in [5, 5.41) is 6.54. The monoisotopic (exact) mass is 508 g/mol. The lowest BCUT2D eigenvalue weighted by Crippen LogP contribution is -2.41. The third-order valence-corrected chi connectivity index (χ3v) is 4.58. The molecule has 0 bridgehead atoms. The lowest BCUT2D eigenvalue weighted by molar-refractivity contribution is -0.148. The first-order valence-electron chi connectivity index (χ1n) is 9.76. The van der Waals surface area contributed by atoms with Crippen LogP contribution in [0.15, 0.2) is 4.99 Å². The molecule has 0 aromatic carbocycles. The summed E-state index contributed by atoms with van der Waals surface area (Å²) in [6, 6.07) is 0. The molecule has 2 N–H and O–H groups in total. The molecule has 0 aromatic rings.